The smallest absolute Gasteiger partial charge is 0.0456 e. The highest BCUT2D eigenvalue weighted by atomic mass is 35.5. The summed E-state index contributed by atoms with van der Waals surface area (Å²) in [5.74, 6) is 0.389. The molecule has 0 radical (unpaired) electrons. The summed E-state index contributed by atoms with van der Waals surface area (Å²) in [4.78, 5) is -0.165. The molecule has 1 rings (SSSR count). The van der Waals surface area contributed by atoms with Gasteiger partial charge in [0, 0.05) is 4.87 Å². The number of halogens is 1. The first-order valence-electron chi connectivity index (χ1n) is 4.25. The van der Waals surface area contributed by atoms with Gasteiger partial charge in [-0.25, -0.2) is 0 Å². The van der Waals surface area contributed by atoms with E-state index in [1.54, 1.807) is 0 Å². The second kappa shape index (κ2) is 3.49. The van der Waals surface area contributed by atoms with Crippen molar-refractivity contribution in [3.63, 3.8) is 0 Å². The lowest BCUT2D eigenvalue weighted by Crippen LogP contribution is -2.19. The zero-order valence-corrected chi connectivity index (χ0v) is 8.60. The van der Waals surface area contributed by atoms with Crippen LogP contribution in [-0.2, 0) is 0 Å². The molecule has 0 nitrogen and oxygen atoms in total. The molecule has 0 spiro atoms. The lowest BCUT2D eigenvalue weighted by molar-refractivity contribution is 0.575. The van der Waals surface area contributed by atoms with Crippen LogP contribution in [0.3, 0.4) is 0 Å². The summed E-state index contributed by atoms with van der Waals surface area (Å²) in [5, 5.41) is 0. The lowest BCUT2D eigenvalue weighted by Gasteiger charge is -2.24. The highest BCUT2D eigenvalue weighted by Gasteiger charge is 2.23. The van der Waals surface area contributed by atoms with Crippen LogP contribution in [0.15, 0.2) is 30.3 Å². The molecule has 0 heterocycles. The SMILES string of the molecule is C[C@@H](c1ccccc1)C(C)(C)Cl. The molecule has 0 N–H and O–H groups in total. The molecule has 12 heavy (non-hydrogen) atoms. The van der Waals surface area contributed by atoms with Crippen LogP contribution in [0, 0.1) is 0 Å². The molecule has 0 aliphatic rings. The molecule has 0 bridgehead atoms. The summed E-state index contributed by atoms with van der Waals surface area (Å²) >= 11 is 6.22. The van der Waals surface area contributed by atoms with E-state index in [1.807, 2.05) is 19.9 Å². The zero-order valence-electron chi connectivity index (χ0n) is 7.84. The number of hydrogen-bond donors (Lipinski definition) is 0. The van der Waals surface area contributed by atoms with Gasteiger partial charge >= 0.3 is 0 Å². The van der Waals surface area contributed by atoms with Gasteiger partial charge in [0.05, 0.1) is 0 Å². The highest BCUT2D eigenvalue weighted by Crippen LogP contribution is 2.32. The molecule has 0 unspecified atom stereocenters. The van der Waals surface area contributed by atoms with Crippen LogP contribution in [0.25, 0.3) is 0 Å². The number of alkyl halides is 1. The minimum atomic E-state index is -0.165. The number of hydrogen-bond acceptors (Lipinski definition) is 0. The molecule has 0 amide bonds. The molecule has 0 saturated heterocycles. The normalized spacial score (nSPS) is 14.3. The average molecular weight is 183 g/mol. The van der Waals surface area contributed by atoms with Crippen molar-refractivity contribution in [3.05, 3.63) is 35.9 Å². The maximum Gasteiger partial charge on any atom is 0.0456 e. The van der Waals surface area contributed by atoms with Gasteiger partial charge in [0.25, 0.3) is 0 Å². The van der Waals surface area contributed by atoms with E-state index in [0.717, 1.165) is 0 Å². The molecule has 0 saturated carbocycles. The van der Waals surface area contributed by atoms with Crippen LogP contribution < -0.4 is 0 Å². The van der Waals surface area contributed by atoms with Crippen LogP contribution >= 0.6 is 11.6 Å². The molecule has 1 atom stereocenters. The summed E-state index contributed by atoms with van der Waals surface area (Å²) in [6.45, 7) is 6.25. The van der Waals surface area contributed by atoms with Crippen molar-refractivity contribution in [2.24, 2.45) is 0 Å². The minimum absolute atomic E-state index is 0.165. The fourth-order valence-corrected chi connectivity index (χ4v) is 1.26. The number of benzene rings is 1. The zero-order chi connectivity index (χ0) is 9.19. The van der Waals surface area contributed by atoms with E-state index in [1.165, 1.54) is 5.56 Å². The van der Waals surface area contributed by atoms with E-state index in [0.29, 0.717) is 5.92 Å². The minimum Gasteiger partial charge on any atom is -0.119 e. The summed E-state index contributed by atoms with van der Waals surface area (Å²) in [5.41, 5.74) is 1.30. The van der Waals surface area contributed by atoms with Crippen molar-refractivity contribution in [1.29, 1.82) is 0 Å². The van der Waals surface area contributed by atoms with Gasteiger partial charge in [-0.2, -0.15) is 0 Å². The Labute approximate surface area is 79.6 Å². The van der Waals surface area contributed by atoms with Crippen LogP contribution in [0.1, 0.15) is 32.3 Å². The van der Waals surface area contributed by atoms with Crippen molar-refractivity contribution >= 4 is 11.6 Å². The van der Waals surface area contributed by atoms with Gasteiger partial charge in [-0.15, -0.1) is 11.6 Å². The fraction of sp³-hybridized carbons (Fsp3) is 0.455. The Morgan fingerprint density at radius 1 is 1.17 bits per heavy atom. The van der Waals surface area contributed by atoms with Gasteiger partial charge in [-0.3, -0.25) is 0 Å². The molecule has 66 valence electrons. The van der Waals surface area contributed by atoms with E-state index in [4.69, 9.17) is 11.6 Å². The van der Waals surface area contributed by atoms with Crippen LogP contribution in [0.5, 0.6) is 0 Å². The van der Waals surface area contributed by atoms with E-state index < -0.39 is 0 Å². The van der Waals surface area contributed by atoms with Gasteiger partial charge in [-0.1, -0.05) is 37.3 Å². The third-order valence-electron chi connectivity index (χ3n) is 2.33. The van der Waals surface area contributed by atoms with Gasteiger partial charge in [0.2, 0.25) is 0 Å². The maximum absolute atomic E-state index is 6.22. The monoisotopic (exact) mass is 182 g/mol. The number of rotatable bonds is 2. The van der Waals surface area contributed by atoms with Crippen molar-refractivity contribution in [3.8, 4) is 0 Å². The van der Waals surface area contributed by atoms with E-state index in [-0.39, 0.29) is 4.87 Å². The molecule has 1 heteroatoms. The van der Waals surface area contributed by atoms with Gasteiger partial charge in [0.15, 0.2) is 0 Å². The first-order chi connectivity index (χ1) is 5.52. The summed E-state index contributed by atoms with van der Waals surface area (Å²) in [6, 6.07) is 10.4. The molecular weight excluding hydrogens is 168 g/mol. The fourth-order valence-electron chi connectivity index (χ4n) is 1.14. The lowest BCUT2D eigenvalue weighted by atomic mass is 9.90. The Balaban J connectivity index is 2.86. The Hall–Kier alpha value is -0.490. The quantitative estimate of drug-likeness (QED) is 0.611. The van der Waals surface area contributed by atoms with Crippen molar-refractivity contribution in [2.45, 2.75) is 31.6 Å². The highest BCUT2D eigenvalue weighted by molar-refractivity contribution is 6.23. The predicted octanol–water partition coefficient (Wildman–Crippen LogP) is 3.81. The predicted molar refractivity (Wildman–Crippen MR) is 54.8 cm³/mol. The largest absolute Gasteiger partial charge is 0.119 e. The average Bonchev–Trinajstić information content (AvgIpc) is 2.03. The molecular formula is C11H15Cl. The van der Waals surface area contributed by atoms with E-state index in [9.17, 15) is 0 Å². The van der Waals surface area contributed by atoms with Crippen molar-refractivity contribution in [1.82, 2.24) is 0 Å². The first-order valence-corrected chi connectivity index (χ1v) is 4.63. The summed E-state index contributed by atoms with van der Waals surface area (Å²) in [7, 11) is 0. The van der Waals surface area contributed by atoms with E-state index >= 15 is 0 Å². The summed E-state index contributed by atoms with van der Waals surface area (Å²) in [6.07, 6.45) is 0. The Morgan fingerprint density at radius 2 is 1.67 bits per heavy atom. The standard InChI is InChI=1S/C11H15Cl/c1-9(11(2,3)12)10-7-5-4-6-8-10/h4-9H,1-3H3/t9-/m0/s1. The van der Waals surface area contributed by atoms with Crippen molar-refractivity contribution < 1.29 is 0 Å². The van der Waals surface area contributed by atoms with Crippen LogP contribution in [0.4, 0.5) is 0 Å². The second-order valence-corrected chi connectivity index (χ2v) is 4.67. The van der Waals surface area contributed by atoms with Gasteiger partial charge in [-0.05, 0) is 25.3 Å². The first kappa shape index (κ1) is 9.60. The maximum atomic E-state index is 6.22. The second-order valence-electron chi connectivity index (χ2n) is 3.70. The molecule has 0 aliphatic heterocycles. The Kier molecular flexibility index (Phi) is 2.79. The Morgan fingerprint density at radius 3 is 2.08 bits per heavy atom. The van der Waals surface area contributed by atoms with Crippen molar-refractivity contribution in [2.75, 3.05) is 0 Å². The molecule has 0 fully saturated rings. The topological polar surface area (TPSA) is 0 Å². The third-order valence-corrected chi connectivity index (χ3v) is 2.66. The molecule has 0 aromatic heterocycles. The molecule has 1 aromatic rings. The van der Waals surface area contributed by atoms with Gasteiger partial charge < -0.3 is 0 Å². The Bertz CT molecular complexity index is 233. The van der Waals surface area contributed by atoms with Crippen LogP contribution in [-0.4, -0.2) is 4.87 Å². The molecule has 0 aliphatic carbocycles. The van der Waals surface area contributed by atoms with E-state index in [2.05, 4.69) is 31.2 Å². The third kappa shape index (κ3) is 2.25. The summed E-state index contributed by atoms with van der Waals surface area (Å²) < 4.78 is 0. The molecule has 1 aromatic carbocycles. The van der Waals surface area contributed by atoms with Crippen LogP contribution in [0.2, 0.25) is 0 Å². The van der Waals surface area contributed by atoms with Gasteiger partial charge in [0.1, 0.15) is 0 Å².